The lowest BCUT2D eigenvalue weighted by Crippen LogP contribution is -2.37. The number of ether oxygens (including phenoxy) is 2. The second kappa shape index (κ2) is 8.90. The minimum Gasteiger partial charge on any atom is -0.410 e. The molecule has 0 aliphatic heterocycles. The number of hydrogen-bond donors (Lipinski definition) is 0. The van der Waals surface area contributed by atoms with Gasteiger partial charge in [-0.05, 0) is 49.2 Å². The van der Waals surface area contributed by atoms with Crippen LogP contribution in [0.4, 0.5) is 10.5 Å². The van der Waals surface area contributed by atoms with Crippen LogP contribution in [0.25, 0.3) is 11.1 Å². The molecule has 0 saturated heterocycles. The van der Waals surface area contributed by atoms with Crippen molar-refractivity contribution in [1.29, 1.82) is 0 Å². The molecule has 1 atom stereocenters. The number of rotatable bonds is 6. The molecule has 3 rings (SSSR count). The Hall–Kier alpha value is -3.27. The van der Waals surface area contributed by atoms with Crippen LogP contribution in [0.15, 0.2) is 84.9 Å². The van der Waals surface area contributed by atoms with Crippen molar-refractivity contribution < 1.29 is 14.3 Å². The molecule has 0 aliphatic rings. The summed E-state index contributed by atoms with van der Waals surface area (Å²) in [6, 6.07) is 27.2. The highest BCUT2D eigenvalue weighted by molar-refractivity contribution is 5.67. The van der Waals surface area contributed by atoms with E-state index >= 15 is 0 Å². The Balaban J connectivity index is 1.60. The van der Waals surface area contributed by atoms with Crippen LogP contribution in [0, 0.1) is 0 Å². The normalized spacial score (nSPS) is 11.5. The van der Waals surface area contributed by atoms with Crippen LogP contribution in [-0.2, 0) is 4.74 Å². The summed E-state index contributed by atoms with van der Waals surface area (Å²) in [7, 11) is 0. The molecule has 0 spiro atoms. The SMILES string of the molecule is CCN(c1ccccc1)C(C)OC(=O)Oc1ccc(-c2ccccc2)cc1. The molecule has 0 heterocycles. The molecule has 0 aliphatic carbocycles. The van der Waals surface area contributed by atoms with Gasteiger partial charge >= 0.3 is 6.16 Å². The van der Waals surface area contributed by atoms with Crippen LogP contribution >= 0.6 is 0 Å². The van der Waals surface area contributed by atoms with Crippen molar-refractivity contribution in [2.75, 3.05) is 11.4 Å². The van der Waals surface area contributed by atoms with Crippen LogP contribution in [0.2, 0.25) is 0 Å². The third kappa shape index (κ3) is 4.88. The summed E-state index contributed by atoms with van der Waals surface area (Å²) in [6.45, 7) is 4.56. The summed E-state index contributed by atoms with van der Waals surface area (Å²) in [5.74, 6) is 0.453. The van der Waals surface area contributed by atoms with E-state index in [1.54, 1.807) is 12.1 Å². The Kier molecular flexibility index (Phi) is 6.10. The highest BCUT2D eigenvalue weighted by atomic mass is 16.7. The Morgan fingerprint density at radius 1 is 0.852 bits per heavy atom. The van der Waals surface area contributed by atoms with Gasteiger partial charge in [-0.25, -0.2) is 4.79 Å². The standard InChI is InChI=1S/C23H23NO3/c1-3-24(21-12-8-5-9-13-21)18(2)26-23(25)27-22-16-14-20(15-17-22)19-10-6-4-7-11-19/h4-18H,3H2,1-2H3. The average Bonchev–Trinajstić information content (AvgIpc) is 2.70. The number of hydrogen-bond acceptors (Lipinski definition) is 4. The van der Waals surface area contributed by atoms with Gasteiger partial charge < -0.3 is 14.4 Å². The molecule has 1 unspecified atom stereocenters. The minimum atomic E-state index is -0.718. The lowest BCUT2D eigenvalue weighted by molar-refractivity contribution is 0.0645. The van der Waals surface area contributed by atoms with Crippen molar-refractivity contribution >= 4 is 11.8 Å². The van der Waals surface area contributed by atoms with Gasteiger partial charge in [0.05, 0.1) is 0 Å². The number of benzene rings is 3. The number of para-hydroxylation sites is 1. The number of carbonyl (C=O) groups excluding carboxylic acids is 1. The number of carbonyl (C=O) groups is 1. The van der Waals surface area contributed by atoms with Crippen LogP contribution < -0.4 is 9.64 Å². The Labute approximate surface area is 160 Å². The van der Waals surface area contributed by atoms with E-state index in [2.05, 4.69) is 0 Å². The van der Waals surface area contributed by atoms with Crippen molar-refractivity contribution in [3.63, 3.8) is 0 Å². The fourth-order valence-electron chi connectivity index (χ4n) is 2.94. The van der Waals surface area contributed by atoms with E-state index in [1.807, 2.05) is 91.5 Å². The molecule has 3 aromatic rings. The quantitative estimate of drug-likeness (QED) is 0.319. The van der Waals surface area contributed by atoms with E-state index in [9.17, 15) is 4.79 Å². The average molecular weight is 361 g/mol. The molecule has 0 radical (unpaired) electrons. The fourth-order valence-corrected chi connectivity index (χ4v) is 2.94. The summed E-state index contributed by atoms with van der Waals surface area (Å²) in [4.78, 5) is 14.1. The molecule has 3 aromatic carbocycles. The maximum Gasteiger partial charge on any atom is 0.515 e. The Morgan fingerprint density at radius 3 is 2.00 bits per heavy atom. The Morgan fingerprint density at radius 2 is 1.41 bits per heavy atom. The molecular weight excluding hydrogens is 338 g/mol. The van der Waals surface area contributed by atoms with E-state index < -0.39 is 12.4 Å². The highest BCUT2D eigenvalue weighted by Crippen LogP contribution is 2.23. The van der Waals surface area contributed by atoms with Gasteiger partial charge in [-0.1, -0.05) is 60.7 Å². The van der Waals surface area contributed by atoms with E-state index in [-0.39, 0.29) is 0 Å². The molecular formula is C23H23NO3. The first-order chi connectivity index (χ1) is 13.2. The maximum atomic E-state index is 12.2. The first-order valence-electron chi connectivity index (χ1n) is 9.03. The van der Waals surface area contributed by atoms with Gasteiger partial charge in [0.1, 0.15) is 5.75 Å². The second-order valence-corrected chi connectivity index (χ2v) is 6.08. The summed E-state index contributed by atoms with van der Waals surface area (Å²) in [5.41, 5.74) is 3.17. The predicted molar refractivity (Wildman–Crippen MR) is 108 cm³/mol. The third-order valence-electron chi connectivity index (χ3n) is 4.30. The van der Waals surface area contributed by atoms with Gasteiger partial charge in [0, 0.05) is 12.2 Å². The van der Waals surface area contributed by atoms with Gasteiger partial charge in [0.2, 0.25) is 0 Å². The van der Waals surface area contributed by atoms with Crippen molar-refractivity contribution in [3.05, 3.63) is 84.9 Å². The lowest BCUT2D eigenvalue weighted by Gasteiger charge is -2.29. The molecule has 0 aromatic heterocycles. The third-order valence-corrected chi connectivity index (χ3v) is 4.30. The van der Waals surface area contributed by atoms with Gasteiger partial charge in [0.15, 0.2) is 6.23 Å². The van der Waals surface area contributed by atoms with Crippen molar-refractivity contribution in [3.8, 4) is 16.9 Å². The molecule has 0 N–H and O–H groups in total. The largest absolute Gasteiger partial charge is 0.515 e. The molecule has 0 saturated carbocycles. The van der Waals surface area contributed by atoms with Gasteiger partial charge in [0.25, 0.3) is 0 Å². The second-order valence-electron chi connectivity index (χ2n) is 6.08. The van der Waals surface area contributed by atoms with E-state index in [0.29, 0.717) is 12.3 Å². The molecule has 27 heavy (non-hydrogen) atoms. The van der Waals surface area contributed by atoms with Crippen LogP contribution in [0.1, 0.15) is 13.8 Å². The van der Waals surface area contributed by atoms with Crippen molar-refractivity contribution in [2.24, 2.45) is 0 Å². The lowest BCUT2D eigenvalue weighted by atomic mass is 10.1. The van der Waals surface area contributed by atoms with Gasteiger partial charge in [-0.15, -0.1) is 0 Å². The van der Waals surface area contributed by atoms with Crippen LogP contribution in [0.5, 0.6) is 5.75 Å². The zero-order valence-corrected chi connectivity index (χ0v) is 15.5. The van der Waals surface area contributed by atoms with Crippen LogP contribution in [-0.4, -0.2) is 18.9 Å². The summed E-state index contributed by atoms with van der Waals surface area (Å²) in [5, 5.41) is 0. The first-order valence-corrected chi connectivity index (χ1v) is 9.03. The van der Waals surface area contributed by atoms with E-state index in [0.717, 1.165) is 16.8 Å². The Bertz CT molecular complexity index is 848. The molecule has 138 valence electrons. The van der Waals surface area contributed by atoms with Crippen molar-refractivity contribution in [1.82, 2.24) is 0 Å². The number of anilines is 1. The fraction of sp³-hybridized carbons (Fsp3) is 0.174. The predicted octanol–water partition coefficient (Wildman–Crippen LogP) is 5.74. The number of nitrogens with zero attached hydrogens (tertiary/aromatic N) is 1. The van der Waals surface area contributed by atoms with E-state index in [1.165, 1.54) is 0 Å². The van der Waals surface area contributed by atoms with Gasteiger partial charge in [-0.2, -0.15) is 0 Å². The minimum absolute atomic E-state index is 0.437. The van der Waals surface area contributed by atoms with Crippen LogP contribution in [0.3, 0.4) is 0 Å². The molecule has 4 heteroatoms. The summed E-state index contributed by atoms with van der Waals surface area (Å²) < 4.78 is 10.8. The summed E-state index contributed by atoms with van der Waals surface area (Å²) in [6.07, 6.45) is -1.15. The first kappa shape index (κ1) is 18.5. The zero-order chi connectivity index (χ0) is 19.1. The van der Waals surface area contributed by atoms with Gasteiger partial charge in [-0.3, -0.25) is 0 Å². The monoisotopic (exact) mass is 361 g/mol. The molecule has 4 nitrogen and oxygen atoms in total. The zero-order valence-electron chi connectivity index (χ0n) is 15.5. The molecule has 0 bridgehead atoms. The molecule has 0 amide bonds. The topological polar surface area (TPSA) is 38.8 Å². The smallest absolute Gasteiger partial charge is 0.410 e. The van der Waals surface area contributed by atoms with Crippen molar-refractivity contribution in [2.45, 2.75) is 20.1 Å². The molecule has 0 fully saturated rings. The maximum absolute atomic E-state index is 12.2. The van der Waals surface area contributed by atoms with E-state index in [4.69, 9.17) is 9.47 Å². The summed E-state index contributed by atoms with van der Waals surface area (Å²) >= 11 is 0. The highest BCUT2D eigenvalue weighted by Gasteiger charge is 2.18.